The zero-order chi connectivity index (χ0) is 13.1. The van der Waals surface area contributed by atoms with Gasteiger partial charge in [0.2, 0.25) is 0 Å². The van der Waals surface area contributed by atoms with Crippen molar-refractivity contribution in [1.29, 1.82) is 0 Å². The molecule has 17 heavy (non-hydrogen) atoms. The molecule has 96 valence electrons. The Bertz CT molecular complexity index is 389. The molecule has 0 unspecified atom stereocenters. The predicted molar refractivity (Wildman–Crippen MR) is 78.7 cm³/mol. The third-order valence-corrected chi connectivity index (χ3v) is 3.97. The molecule has 4 heteroatoms. The lowest BCUT2D eigenvalue weighted by Crippen LogP contribution is -2.18. The third-order valence-electron chi connectivity index (χ3n) is 2.92. The molecule has 1 aromatic rings. The van der Waals surface area contributed by atoms with E-state index < -0.39 is 0 Å². The van der Waals surface area contributed by atoms with E-state index in [9.17, 15) is 0 Å². The molecule has 0 aliphatic carbocycles. The van der Waals surface area contributed by atoms with Gasteiger partial charge < -0.3 is 9.47 Å². The summed E-state index contributed by atoms with van der Waals surface area (Å²) in [5.74, 6) is 1.52. The highest BCUT2D eigenvalue weighted by atomic mass is 79.9. The van der Waals surface area contributed by atoms with Gasteiger partial charge in [0.1, 0.15) is 0 Å². The summed E-state index contributed by atoms with van der Waals surface area (Å²) in [6.45, 7) is 4.44. The number of alkyl halides is 1. The van der Waals surface area contributed by atoms with Crippen molar-refractivity contribution in [3.8, 4) is 11.5 Å². The van der Waals surface area contributed by atoms with Gasteiger partial charge in [0.05, 0.1) is 14.2 Å². The van der Waals surface area contributed by atoms with Gasteiger partial charge in [-0.2, -0.15) is 0 Å². The van der Waals surface area contributed by atoms with E-state index in [0.717, 1.165) is 27.7 Å². The summed E-state index contributed by atoms with van der Waals surface area (Å²) >= 11 is 7.11. The van der Waals surface area contributed by atoms with Gasteiger partial charge in [-0.05, 0) is 29.5 Å². The van der Waals surface area contributed by atoms with Gasteiger partial charge in [0.25, 0.3) is 0 Å². The smallest absolute Gasteiger partial charge is 0.161 e. The van der Waals surface area contributed by atoms with Crippen LogP contribution in [0.5, 0.6) is 11.5 Å². The third kappa shape index (κ3) is 3.38. The molecule has 0 spiro atoms. The quantitative estimate of drug-likeness (QED) is 0.713. The Morgan fingerprint density at radius 1 is 1.12 bits per heavy atom. The molecule has 0 atom stereocenters. The van der Waals surface area contributed by atoms with Gasteiger partial charge in [-0.3, -0.25) is 0 Å². The van der Waals surface area contributed by atoms with E-state index in [1.165, 1.54) is 5.56 Å². The summed E-state index contributed by atoms with van der Waals surface area (Å²) in [6.07, 6.45) is 1.06. The van der Waals surface area contributed by atoms with Crippen molar-refractivity contribution in [3.05, 3.63) is 22.2 Å². The zero-order valence-electron chi connectivity index (χ0n) is 10.6. The van der Waals surface area contributed by atoms with Crippen molar-refractivity contribution in [2.24, 2.45) is 0 Å². The van der Waals surface area contributed by atoms with Crippen molar-refractivity contribution < 1.29 is 9.47 Å². The van der Waals surface area contributed by atoms with E-state index in [0.29, 0.717) is 0 Å². The van der Waals surface area contributed by atoms with Gasteiger partial charge in [-0.25, -0.2) is 0 Å². The minimum Gasteiger partial charge on any atom is -0.493 e. The molecule has 1 aromatic carbocycles. The normalized spacial score (nSPS) is 11.4. The Hall–Kier alpha value is -0.220. The number of ether oxygens (including phenoxy) is 2. The first kappa shape index (κ1) is 14.8. The number of benzene rings is 1. The largest absolute Gasteiger partial charge is 0.493 e. The minimum atomic E-state index is 0.0852. The first-order valence-corrected chi connectivity index (χ1v) is 7.35. The lowest BCUT2D eigenvalue weighted by molar-refractivity contribution is 0.352. The van der Waals surface area contributed by atoms with Crippen molar-refractivity contribution in [2.45, 2.75) is 25.7 Å². The molecule has 0 bridgehead atoms. The van der Waals surface area contributed by atoms with E-state index in [1.807, 2.05) is 12.1 Å². The molecular formula is C13H18Br2O2. The average molecular weight is 366 g/mol. The van der Waals surface area contributed by atoms with Crippen molar-refractivity contribution >= 4 is 31.9 Å². The fourth-order valence-electron chi connectivity index (χ4n) is 1.74. The van der Waals surface area contributed by atoms with E-state index in [1.54, 1.807) is 14.2 Å². The van der Waals surface area contributed by atoms with Crippen LogP contribution in [0.3, 0.4) is 0 Å². The van der Waals surface area contributed by atoms with E-state index >= 15 is 0 Å². The molecule has 0 fully saturated rings. The van der Waals surface area contributed by atoms with Crippen LogP contribution in [-0.4, -0.2) is 19.5 Å². The Morgan fingerprint density at radius 3 is 2.12 bits per heavy atom. The molecule has 2 nitrogen and oxygen atoms in total. The maximum absolute atomic E-state index is 5.35. The monoisotopic (exact) mass is 364 g/mol. The summed E-state index contributed by atoms with van der Waals surface area (Å²) in [6, 6.07) is 4.01. The van der Waals surface area contributed by atoms with Gasteiger partial charge in [0.15, 0.2) is 11.5 Å². The Morgan fingerprint density at radius 2 is 1.65 bits per heavy atom. The molecule has 0 N–H and O–H groups in total. The second-order valence-corrected chi connectivity index (χ2v) is 6.16. The highest BCUT2D eigenvalue weighted by Crippen LogP contribution is 2.40. The van der Waals surface area contributed by atoms with Gasteiger partial charge in [0, 0.05) is 9.80 Å². The summed E-state index contributed by atoms with van der Waals surface area (Å²) in [5, 5.41) is 0.973. The van der Waals surface area contributed by atoms with Crippen LogP contribution in [0, 0.1) is 0 Å². The predicted octanol–water partition coefficient (Wildman–Crippen LogP) is 4.53. The van der Waals surface area contributed by atoms with Gasteiger partial charge in [-0.15, -0.1) is 0 Å². The number of rotatable bonds is 5. The lowest BCUT2D eigenvalue weighted by Gasteiger charge is -2.26. The van der Waals surface area contributed by atoms with Gasteiger partial charge in [-0.1, -0.05) is 45.7 Å². The lowest BCUT2D eigenvalue weighted by atomic mass is 9.82. The first-order chi connectivity index (χ1) is 7.96. The molecular weight excluding hydrogens is 348 g/mol. The highest BCUT2D eigenvalue weighted by Gasteiger charge is 2.24. The fourth-order valence-corrected chi connectivity index (χ4v) is 3.59. The molecule has 0 saturated heterocycles. The number of methoxy groups -OCH3 is 2. The van der Waals surface area contributed by atoms with Gasteiger partial charge >= 0.3 is 0 Å². The van der Waals surface area contributed by atoms with Crippen LogP contribution < -0.4 is 9.47 Å². The second-order valence-electron chi connectivity index (χ2n) is 4.51. The molecule has 0 saturated carbocycles. The SMILES string of the molecule is COc1cc(Br)c(C(C)(C)CCBr)cc1OC. The maximum Gasteiger partial charge on any atom is 0.161 e. The molecule has 0 aromatic heterocycles. The van der Waals surface area contributed by atoms with E-state index in [-0.39, 0.29) is 5.41 Å². The second kappa shape index (κ2) is 6.10. The van der Waals surface area contributed by atoms with Crippen LogP contribution in [0.25, 0.3) is 0 Å². The van der Waals surface area contributed by atoms with E-state index in [4.69, 9.17) is 9.47 Å². The van der Waals surface area contributed by atoms with Crippen LogP contribution in [0.4, 0.5) is 0 Å². The van der Waals surface area contributed by atoms with Crippen LogP contribution in [0.15, 0.2) is 16.6 Å². The molecule has 0 heterocycles. The Labute approximate surface area is 120 Å². The standard InChI is InChI=1S/C13H18Br2O2/c1-13(2,5-6-14)9-7-11(16-3)12(17-4)8-10(9)15/h7-8H,5-6H2,1-4H3. The minimum absolute atomic E-state index is 0.0852. The van der Waals surface area contributed by atoms with Crippen molar-refractivity contribution in [3.63, 3.8) is 0 Å². The molecule has 0 radical (unpaired) electrons. The molecule has 0 aliphatic rings. The average Bonchev–Trinajstić information content (AvgIpc) is 2.28. The molecule has 0 aliphatic heterocycles. The maximum atomic E-state index is 5.35. The van der Waals surface area contributed by atoms with Crippen molar-refractivity contribution in [2.75, 3.05) is 19.5 Å². The molecule has 1 rings (SSSR count). The summed E-state index contributed by atoms with van der Waals surface area (Å²) in [7, 11) is 3.31. The fraction of sp³-hybridized carbons (Fsp3) is 0.538. The van der Waals surface area contributed by atoms with E-state index in [2.05, 4.69) is 45.7 Å². The highest BCUT2D eigenvalue weighted by molar-refractivity contribution is 9.10. The summed E-state index contributed by atoms with van der Waals surface area (Å²) in [4.78, 5) is 0. The Balaban J connectivity index is 3.25. The van der Waals surface area contributed by atoms with Crippen LogP contribution in [0.1, 0.15) is 25.8 Å². The zero-order valence-corrected chi connectivity index (χ0v) is 13.8. The Kier molecular flexibility index (Phi) is 5.32. The van der Waals surface area contributed by atoms with Crippen LogP contribution in [0.2, 0.25) is 0 Å². The number of hydrogen-bond donors (Lipinski definition) is 0. The van der Waals surface area contributed by atoms with Crippen molar-refractivity contribution in [1.82, 2.24) is 0 Å². The van der Waals surface area contributed by atoms with Crippen LogP contribution >= 0.6 is 31.9 Å². The first-order valence-electron chi connectivity index (χ1n) is 5.44. The number of halogens is 2. The van der Waals surface area contributed by atoms with Crippen LogP contribution in [-0.2, 0) is 5.41 Å². The summed E-state index contributed by atoms with van der Waals surface area (Å²) < 4.78 is 11.7. The number of hydrogen-bond acceptors (Lipinski definition) is 2. The topological polar surface area (TPSA) is 18.5 Å². The molecule has 0 amide bonds. The summed E-state index contributed by atoms with van der Waals surface area (Å²) in [5.41, 5.74) is 1.32.